The van der Waals surface area contributed by atoms with Crippen molar-refractivity contribution < 1.29 is 0 Å². The van der Waals surface area contributed by atoms with Crippen molar-refractivity contribution in [2.75, 3.05) is 11.5 Å². The standard InChI is InChI=1S/C11H14S3/c1-2-10(12-5-1)11-8-3-6-13-9(8)4-7-14-11/h1-2,5,8-9,11H,3-4,6-7H2. The topological polar surface area (TPSA) is 0 Å². The molecule has 0 bridgehead atoms. The van der Waals surface area contributed by atoms with Gasteiger partial charge in [0.15, 0.2) is 0 Å². The summed E-state index contributed by atoms with van der Waals surface area (Å²) in [5, 5.41) is 4.02. The van der Waals surface area contributed by atoms with E-state index < -0.39 is 0 Å². The van der Waals surface area contributed by atoms with Gasteiger partial charge in [-0.25, -0.2) is 0 Å². The van der Waals surface area contributed by atoms with E-state index in [1.165, 1.54) is 24.3 Å². The number of thiophene rings is 1. The van der Waals surface area contributed by atoms with Crippen LogP contribution in [-0.2, 0) is 0 Å². The number of hydrogen-bond donors (Lipinski definition) is 0. The minimum Gasteiger partial charge on any atom is -0.158 e. The fourth-order valence-electron chi connectivity index (χ4n) is 2.49. The second-order valence-electron chi connectivity index (χ2n) is 3.96. The summed E-state index contributed by atoms with van der Waals surface area (Å²) in [6.45, 7) is 0. The highest BCUT2D eigenvalue weighted by molar-refractivity contribution is 8.01. The maximum Gasteiger partial charge on any atom is 0.0430 e. The van der Waals surface area contributed by atoms with E-state index in [-0.39, 0.29) is 0 Å². The molecule has 0 aliphatic carbocycles. The molecule has 3 heterocycles. The summed E-state index contributed by atoms with van der Waals surface area (Å²) in [6, 6.07) is 4.53. The minimum atomic E-state index is 0.823. The zero-order valence-electron chi connectivity index (χ0n) is 8.02. The van der Waals surface area contributed by atoms with Crippen molar-refractivity contribution in [3.63, 3.8) is 0 Å². The average molecular weight is 242 g/mol. The van der Waals surface area contributed by atoms with Gasteiger partial charge in [-0.2, -0.15) is 23.5 Å². The normalized spacial score (nSPS) is 37.0. The Kier molecular flexibility index (Phi) is 2.82. The van der Waals surface area contributed by atoms with Gasteiger partial charge in [-0.1, -0.05) is 6.07 Å². The molecule has 0 spiro atoms. The fourth-order valence-corrected chi connectivity index (χ4v) is 6.89. The van der Waals surface area contributed by atoms with E-state index in [2.05, 4.69) is 41.0 Å². The van der Waals surface area contributed by atoms with E-state index in [9.17, 15) is 0 Å². The third kappa shape index (κ3) is 1.63. The van der Waals surface area contributed by atoms with Crippen molar-refractivity contribution in [1.29, 1.82) is 0 Å². The first-order chi connectivity index (χ1) is 6.95. The molecular weight excluding hydrogens is 228 g/mol. The molecule has 1 aromatic rings. The van der Waals surface area contributed by atoms with Crippen molar-refractivity contribution in [2.24, 2.45) is 5.92 Å². The largest absolute Gasteiger partial charge is 0.158 e. The first-order valence-electron chi connectivity index (χ1n) is 5.22. The van der Waals surface area contributed by atoms with E-state index >= 15 is 0 Å². The summed E-state index contributed by atoms with van der Waals surface area (Å²) >= 11 is 6.36. The second-order valence-corrected chi connectivity index (χ2v) is 7.53. The summed E-state index contributed by atoms with van der Waals surface area (Å²) in [7, 11) is 0. The monoisotopic (exact) mass is 242 g/mol. The zero-order valence-corrected chi connectivity index (χ0v) is 10.5. The molecule has 2 fully saturated rings. The Hall–Kier alpha value is 0.400. The van der Waals surface area contributed by atoms with Gasteiger partial charge in [-0.05, 0) is 41.7 Å². The summed E-state index contributed by atoms with van der Waals surface area (Å²) in [4.78, 5) is 1.62. The van der Waals surface area contributed by atoms with Crippen LogP contribution in [0.3, 0.4) is 0 Å². The lowest BCUT2D eigenvalue weighted by molar-refractivity contribution is 0.484. The first kappa shape index (κ1) is 9.61. The van der Waals surface area contributed by atoms with Crippen LogP contribution in [0.1, 0.15) is 23.0 Å². The molecule has 0 nitrogen and oxygen atoms in total. The van der Waals surface area contributed by atoms with Crippen LogP contribution >= 0.6 is 34.9 Å². The molecule has 3 unspecified atom stereocenters. The van der Waals surface area contributed by atoms with Gasteiger partial charge < -0.3 is 0 Å². The van der Waals surface area contributed by atoms with Crippen LogP contribution in [-0.4, -0.2) is 16.8 Å². The Morgan fingerprint density at radius 2 is 2.07 bits per heavy atom. The molecule has 0 amide bonds. The van der Waals surface area contributed by atoms with Crippen molar-refractivity contribution in [1.82, 2.24) is 0 Å². The molecule has 0 N–H and O–H groups in total. The molecule has 0 saturated carbocycles. The number of thioether (sulfide) groups is 2. The van der Waals surface area contributed by atoms with Crippen LogP contribution in [0.15, 0.2) is 17.5 Å². The van der Waals surface area contributed by atoms with Gasteiger partial charge >= 0.3 is 0 Å². The predicted octanol–water partition coefficient (Wildman–Crippen LogP) is 4.05. The molecule has 76 valence electrons. The molecule has 0 radical (unpaired) electrons. The van der Waals surface area contributed by atoms with Gasteiger partial charge in [0.2, 0.25) is 0 Å². The minimum absolute atomic E-state index is 0.823. The van der Waals surface area contributed by atoms with Gasteiger partial charge in [0.25, 0.3) is 0 Å². The Bertz CT molecular complexity index is 293. The predicted molar refractivity (Wildman–Crippen MR) is 68.5 cm³/mol. The quantitative estimate of drug-likeness (QED) is 0.729. The highest BCUT2D eigenvalue weighted by Crippen LogP contribution is 2.52. The Balaban J connectivity index is 1.84. The maximum absolute atomic E-state index is 2.33. The lowest BCUT2D eigenvalue weighted by Crippen LogP contribution is -2.23. The van der Waals surface area contributed by atoms with Crippen molar-refractivity contribution in [3.05, 3.63) is 22.4 Å². The summed E-state index contributed by atoms with van der Waals surface area (Å²) in [5.41, 5.74) is 0. The Morgan fingerprint density at radius 1 is 1.14 bits per heavy atom. The number of rotatable bonds is 1. The van der Waals surface area contributed by atoms with E-state index in [1.807, 2.05) is 11.3 Å². The average Bonchev–Trinajstić information content (AvgIpc) is 2.88. The Labute approximate surface area is 97.9 Å². The van der Waals surface area contributed by atoms with Gasteiger partial charge in [0.05, 0.1) is 0 Å². The van der Waals surface area contributed by atoms with E-state index in [0.29, 0.717) is 0 Å². The zero-order chi connectivity index (χ0) is 9.38. The number of hydrogen-bond acceptors (Lipinski definition) is 3. The third-order valence-electron chi connectivity index (χ3n) is 3.17. The molecule has 2 aliphatic heterocycles. The molecule has 3 heteroatoms. The lowest BCUT2D eigenvalue weighted by atomic mass is 9.95. The molecule has 0 aromatic carbocycles. The van der Waals surface area contributed by atoms with Gasteiger partial charge in [-0.3, -0.25) is 0 Å². The van der Waals surface area contributed by atoms with Crippen LogP contribution in [0.4, 0.5) is 0 Å². The fraction of sp³-hybridized carbons (Fsp3) is 0.636. The molecule has 2 aliphatic rings. The Morgan fingerprint density at radius 3 is 2.93 bits per heavy atom. The SMILES string of the molecule is c1csc(C2SCCC3SCCC32)c1. The van der Waals surface area contributed by atoms with E-state index in [4.69, 9.17) is 0 Å². The smallest absolute Gasteiger partial charge is 0.0430 e. The molecule has 3 rings (SSSR count). The molecule has 3 atom stereocenters. The molecule has 1 aromatic heterocycles. The third-order valence-corrected chi connectivity index (χ3v) is 7.20. The highest BCUT2D eigenvalue weighted by Gasteiger charge is 2.38. The van der Waals surface area contributed by atoms with Crippen LogP contribution in [0.5, 0.6) is 0 Å². The van der Waals surface area contributed by atoms with Crippen molar-refractivity contribution >= 4 is 34.9 Å². The molecule has 14 heavy (non-hydrogen) atoms. The second kappa shape index (κ2) is 4.11. The van der Waals surface area contributed by atoms with Crippen molar-refractivity contribution in [3.8, 4) is 0 Å². The summed E-state index contributed by atoms with van der Waals surface area (Å²) in [5.74, 6) is 3.74. The van der Waals surface area contributed by atoms with Crippen LogP contribution in [0.25, 0.3) is 0 Å². The summed E-state index contributed by atoms with van der Waals surface area (Å²) in [6.07, 6.45) is 2.90. The summed E-state index contributed by atoms with van der Waals surface area (Å²) < 4.78 is 0. The van der Waals surface area contributed by atoms with E-state index in [1.54, 1.807) is 4.88 Å². The first-order valence-corrected chi connectivity index (χ1v) is 8.19. The van der Waals surface area contributed by atoms with Crippen LogP contribution in [0, 0.1) is 5.92 Å². The van der Waals surface area contributed by atoms with Crippen LogP contribution in [0.2, 0.25) is 0 Å². The van der Waals surface area contributed by atoms with Crippen molar-refractivity contribution in [2.45, 2.75) is 23.3 Å². The van der Waals surface area contributed by atoms with Gasteiger partial charge in [0.1, 0.15) is 0 Å². The lowest BCUT2D eigenvalue weighted by Gasteiger charge is -2.32. The molecule has 2 saturated heterocycles. The van der Waals surface area contributed by atoms with Crippen LogP contribution < -0.4 is 0 Å². The van der Waals surface area contributed by atoms with E-state index in [0.717, 1.165) is 16.4 Å². The maximum atomic E-state index is 2.33. The molecular formula is C11H14S3. The van der Waals surface area contributed by atoms with Gasteiger partial charge in [-0.15, -0.1) is 11.3 Å². The highest BCUT2D eigenvalue weighted by atomic mass is 32.2. The van der Waals surface area contributed by atoms with Gasteiger partial charge in [0, 0.05) is 15.4 Å². The number of fused-ring (bicyclic) bond motifs is 1.